The Bertz CT molecular complexity index is 516. The maximum absolute atomic E-state index is 10.2. The van der Waals surface area contributed by atoms with Gasteiger partial charge in [-0.3, -0.25) is 4.18 Å². The van der Waals surface area contributed by atoms with Crippen LogP contribution in [0.5, 0.6) is 0 Å². The summed E-state index contributed by atoms with van der Waals surface area (Å²) in [5.41, 5.74) is 0. The number of unbranched alkanes of at least 4 members (excludes halogenated alkanes) is 17. The summed E-state index contributed by atoms with van der Waals surface area (Å²) in [6.07, 6.45) is 35.4. The van der Waals surface area contributed by atoms with Crippen molar-refractivity contribution in [2.24, 2.45) is 0 Å². The van der Waals surface area contributed by atoms with Gasteiger partial charge < -0.3 is 4.55 Å². The molecule has 0 rings (SSSR count). The number of rotatable bonds is 28. The predicted octanol–water partition coefficient (Wildman–Crippen LogP) is 11.1. The van der Waals surface area contributed by atoms with Gasteiger partial charge in [0.25, 0.3) is 0 Å². The van der Waals surface area contributed by atoms with E-state index in [2.05, 4.69) is 38.8 Å². The first-order valence-corrected chi connectivity index (χ1v) is 20.6. The summed E-state index contributed by atoms with van der Waals surface area (Å²) >= 11 is 0. The molecule has 6 heteroatoms. The molecule has 0 aromatic heterocycles. The molecule has 0 heterocycles. The highest BCUT2D eigenvalue weighted by Crippen LogP contribution is 2.61. The SMILES string of the molecule is CCCCCCCCCCCCCCCCOS(=O)(=O)[O-].CCCC[P+](CCCC)(CCCC)CCCC. The van der Waals surface area contributed by atoms with Gasteiger partial charge >= 0.3 is 0 Å². The summed E-state index contributed by atoms with van der Waals surface area (Å²) < 4.78 is 34.7. The van der Waals surface area contributed by atoms with Crippen molar-refractivity contribution in [3.63, 3.8) is 0 Å². The summed E-state index contributed by atoms with van der Waals surface area (Å²) in [7, 11) is -5.05. The average Bonchev–Trinajstić information content (AvgIpc) is 2.90. The summed E-state index contributed by atoms with van der Waals surface area (Å²) in [5.74, 6) is 0. The summed E-state index contributed by atoms with van der Waals surface area (Å²) in [4.78, 5) is 0. The maximum Gasteiger partial charge on any atom is 0.217 e. The molecule has 0 N–H and O–H groups in total. The zero-order valence-electron chi connectivity index (χ0n) is 26.6. The molecule has 0 spiro atoms. The van der Waals surface area contributed by atoms with Gasteiger partial charge in [0.1, 0.15) is 0 Å². The van der Waals surface area contributed by atoms with Crippen LogP contribution in [-0.4, -0.2) is 44.2 Å². The minimum absolute atomic E-state index is 0.0316. The molecule has 0 saturated carbocycles. The second kappa shape index (κ2) is 30.3. The molecular weight excluding hydrogens is 511 g/mol. The Morgan fingerprint density at radius 3 is 0.974 bits per heavy atom. The van der Waals surface area contributed by atoms with Gasteiger partial charge in [0.15, 0.2) is 0 Å². The monoisotopic (exact) mass is 580 g/mol. The third kappa shape index (κ3) is 30.8. The molecule has 0 aromatic rings. The lowest BCUT2D eigenvalue weighted by Gasteiger charge is -2.28. The van der Waals surface area contributed by atoms with Crippen LogP contribution in [-0.2, 0) is 14.6 Å². The van der Waals surface area contributed by atoms with Gasteiger partial charge in [-0.2, -0.15) is 0 Å². The summed E-state index contributed by atoms with van der Waals surface area (Å²) in [5, 5.41) is 0. The minimum Gasteiger partial charge on any atom is -0.726 e. The third-order valence-corrected chi connectivity index (χ3v) is 13.2. The fraction of sp³-hybridized carbons (Fsp3) is 1.00. The molecule has 4 nitrogen and oxygen atoms in total. The summed E-state index contributed by atoms with van der Waals surface area (Å²) in [6, 6.07) is 0. The fourth-order valence-electron chi connectivity index (χ4n) is 5.10. The van der Waals surface area contributed by atoms with Crippen molar-refractivity contribution in [1.29, 1.82) is 0 Å². The van der Waals surface area contributed by atoms with E-state index >= 15 is 0 Å². The van der Waals surface area contributed by atoms with E-state index in [1.165, 1.54) is 122 Å². The van der Waals surface area contributed by atoms with Crippen molar-refractivity contribution in [1.82, 2.24) is 0 Å². The van der Waals surface area contributed by atoms with E-state index in [4.69, 9.17) is 0 Å². The van der Waals surface area contributed by atoms with Gasteiger partial charge in [0, 0.05) is 7.26 Å². The Morgan fingerprint density at radius 2 is 0.711 bits per heavy atom. The smallest absolute Gasteiger partial charge is 0.217 e. The van der Waals surface area contributed by atoms with E-state index in [0.29, 0.717) is 6.42 Å². The second-order valence-electron chi connectivity index (χ2n) is 11.5. The molecule has 0 aliphatic carbocycles. The van der Waals surface area contributed by atoms with E-state index in [1.807, 2.05) is 0 Å². The largest absolute Gasteiger partial charge is 0.726 e. The van der Waals surface area contributed by atoms with E-state index in [-0.39, 0.29) is 6.61 Å². The highest BCUT2D eigenvalue weighted by Gasteiger charge is 2.34. The maximum atomic E-state index is 10.2. The summed E-state index contributed by atoms with van der Waals surface area (Å²) in [6.45, 7) is 11.7. The molecule has 0 fully saturated rings. The lowest BCUT2D eigenvalue weighted by Crippen LogP contribution is -2.12. The molecule has 0 saturated heterocycles. The van der Waals surface area contributed by atoms with Crippen LogP contribution in [0.4, 0.5) is 0 Å². The van der Waals surface area contributed by atoms with Crippen LogP contribution >= 0.6 is 7.26 Å². The molecule has 0 atom stereocenters. The molecule has 0 unspecified atom stereocenters. The van der Waals surface area contributed by atoms with E-state index < -0.39 is 17.7 Å². The molecule has 0 radical (unpaired) electrons. The van der Waals surface area contributed by atoms with Crippen molar-refractivity contribution >= 4 is 17.7 Å². The highest BCUT2D eigenvalue weighted by molar-refractivity contribution is 7.80. The van der Waals surface area contributed by atoms with Crippen LogP contribution in [0.25, 0.3) is 0 Å². The Hall–Kier alpha value is 0.300. The van der Waals surface area contributed by atoms with Crippen LogP contribution in [0.1, 0.15) is 176 Å². The van der Waals surface area contributed by atoms with Gasteiger partial charge in [-0.1, -0.05) is 144 Å². The molecule has 0 aromatic carbocycles. The molecule has 0 amide bonds. The minimum atomic E-state index is -4.49. The quantitative estimate of drug-likeness (QED) is 0.0399. The first-order valence-electron chi connectivity index (χ1n) is 16.8. The van der Waals surface area contributed by atoms with E-state index in [1.54, 1.807) is 24.6 Å². The Balaban J connectivity index is 0. The van der Waals surface area contributed by atoms with E-state index in [0.717, 1.165) is 12.8 Å². The van der Waals surface area contributed by atoms with Crippen LogP contribution < -0.4 is 0 Å². The van der Waals surface area contributed by atoms with Crippen LogP contribution in [0, 0.1) is 0 Å². The first kappa shape index (κ1) is 40.4. The van der Waals surface area contributed by atoms with Gasteiger partial charge in [-0.25, -0.2) is 8.42 Å². The van der Waals surface area contributed by atoms with Crippen LogP contribution in [0.15, 0.2) is 0 Å². The molecule has 0 bridgehead atoms. The van der Waals surface area contributed by atoms with Crippen molar-refractivity contribution in [2.75, 3.05) is 31.3 Å². The Morgan fingerprint density at radius 1 is 0.447 bits per heavy atom. The van der Waals surface area contributed by atoms with Crippen molar-refractivity contribution in [3.05, 3.63) is 0 Å². The van der Waals surface area contributed by atoms with Gasteiger partial charge in [0.2, 0.25) is 10.4 Å². The predicted molar refractivity (Wildman–Crippen MR) is 172 cm³/mol. The van der Waals surface area contributed by atoms with Crippen LogP contribution in [0.2, 0.25) is 0 Å². The highest BCUT2D eigenvalue weighted by atomic mass is 32.3. The Labute approximate surface area is 241 Å². The topological polar surface area (TPSA) is 66.4 Å². The lowest BCUT2D eigenvalue weighted by atomic mass is 10.0. The molecule has 0 aliphatic heterocycles. The first-order chi connectivity index (χ1) is 18.3. The van der Waals surface area contributed by atoms with Crippen LogP contribution in [0.3, 0.4) is 0 Å². The standard InChI is InChI=1S/C16H34O4S.C16H36P/c1-2-3-4-5-6-7-8-9-10-11-12-13-14-15-16-20-21(17,18)19;1-5-9-13-17(14-10-6-2,15-11-7-3)16-12-8-4/h2-16H2,1H3,(H,17,18,19);5-16H2,1-4H3/q;+1/p-1. The lowest BCUT2D eigenvalue weighted by molar-refractivity contribution is 0.255. The second-order valence-corrected chi connectivity index (χ2v) is 17.0. The van der Waals surface area contributed by atoms with Gasteiger partial charge in [0.05, 0.1) is 31.3 Å². The van der Waals surface area contributed by atoms with Crippen molar-refractivity contribution in [3.8, 4) is 0 Å². The molecule has 38 heavy (non-hydrogen) atoms. The average molecular weight is 581 g/mol. The Kier molecular flexibility index (Phi) is 32.2. The molecular formula is C32H69O4PS. The van der Waals surface area contributed by atoms with Gasteiger partial charge in [-0.15, -0.1) is 0 Å². The fourth-order valence-corrected chi connectivity index (χ4v) is 10.7. The number of hydrogen-bond acceptors (Lipinski definition) is 4. The molecule has 0 aliphatic rings. The van der Waals surface area contributed by atoms with Crippen molar-refractivity contribution < 1.29 is 17.2 Å². The van der Waals surface area contributed by atoms with Gasteiger partial charge in [-0.05, 0) is 32.1 Å². The van der Waals surface area contributed by atoms with E-state index in [9.17, 15) is 13.0 Å². The van der Waals surface area contributed by atoms with Crippen molar-refractivity contribution in [2.45, 2.75) is 176 Å². The zero-order chi connectivity index (χ0) is 28.8. The zero-order valence-corrected chi connectivity index (χ0v) is 28.3. The number of hydrogen-bond donors (Lipinski definition) is 0. The third-order valence-electron chi connectivity index (χ3n) is 7.67. The molecule has 232 valence electrons. The normalized spacial score (nSPS) is 11.9.